The van der Waals surface area contributed by atoms with Gasteiger partial charge >= 0.3 is 0 Å². The third-order valence-electron chi connectivity index (χ3n) is 5.44. The maximum atomic E-state index is 12.8. The van der Waals surface area contributed by atoms with Crippen molar-refractivity contribution in [2.75, 3.05) is 31.1 Å². The van der Waals surface area contributed by atoms with Gasteiger partial charge in [-0.3, -0.25) is 19.4 Å². The lowest BCUT2D eigenvalue weighted by Crippen LogP contribution is -2.55. The number of nitrogens with zero attached hydrogens (tertiary/aromatic N) is 3. The Morgan fingerprint density at radius 3 is 1.94 bits per heavy atom. The molecule has 7 heteroatoms. The molecule has 0 aliphatic carbocycles. The van der Waals surface area contributed by atoms with Crippen molar-refractivity contribution in [3.8, 4) is 0 Å². The van der Waals surface area contributed by atoms with Crippen LogP contribution in [-0.4, -0.2) is 52.9 Å². The summed E-state index contributed by atoms with van der Waals surface area (Å²) in [6, 6.07) is 12.4. The zero-order chi connectivity index (χ0) is 23.3. The molecule has 32 heavy (non-hydrogen) atoms. The first kappa shape index (κ1) is 23.9. The number of benzene rings is 1. The van der Waals surface area contributed by atoms with E-state index >= 15 is 0 Å². The van der Waals surface area contributed by atoms with Gasteiger partial charge in [-0.1, -0.05) is 18.2 Å². The summed E-state index contributed by atoms with van der Waals surface area (Å²) in [6.07, 6.45) is 5.80. The highest BCUT2D eigenvalue weighted by atomic mass is 32.1. The summed E-state index contributed by atoms with van der Waals surface area (Å²) >= 11 is 6.85. The molecule has 2 heterocycles. The van der Waals surface area contributed by atoms with Gasteiger partial charge in [-0.25, -0.2) is 0 Å². The number of rotatable bonds is 8. The van der Waals surface area contributed by atoms with Crippen LogP contribution in [0.15, 0.2) is 42.0 Å². The predicted molar refractivity (Wildman–Crippen MR) is 139 cm³/mol. The third-order valence-corrected chi connectivity index (χ3v) is 6.88. The fourth-order valence-electron chi connectivity index (χ4n) is 3.62. The van der Waals surface area contributed by atoms with E-state index in [4.69, 9.17) is 12.2 Å². The highest BCUT2D eigenvalue weighted by Crippen LogP contribution is 2.25. The molecule has 0 spiro atoms. The fourth-order valence-corrected chi connectivity index (χ4v) is 4.91. The van der Waals surface area contributed by atoms with E-state index in [2.05, 4.69) is 55.2 Å². The second kappa shape index (κ2) is 10.7. The second-order valence-corrected chi connectivity index (χ2v) is 8.79. The van der Waals surface area contributed by atoms with Crippen molar-refractivity contribution in [3.05, 3.63) is 57.3 Å². The zero-order valence-corrected chi connectivity index (χ0v) is 20.6. The molecule has 0 N–H and O–H groups in total. The molecule has 2 amide bonds. The summed E-state index contributed by atoms with van der Waals surface area (Å²) in [6.45, 7) is 10.9. The van der Waals surface area contributed by atoms with Crippen molar-refractivity contribution in [2.45, 2.75) is 27.7 Å². The van der Waals surface area contributed by atoms with Gasteiger partial charge in [-0.2, -0.15) is 0 Å². The summed E-state index contributed by atoms with van der Waals surface area (Å²) in [7, 11) is 0. The monoisotopic (exact) mass is 467 g/mol. The molecular formula is C25H29N3O2S2. The Morgan fingerprint density at radius 1 is 0.844 bits per heavy atom. The number of hydrogen-bond acceptors (Lipinski definition) is 5. The number of hydrogen-bond donors (Lipinski definition) is 0. The van der Waals surface area contributed by atoms with Crippen LogP contribution >= 0.6 is 23.6 Å². The molecule has 2 aromatic rings. The maximum Gasteiger partial charge on any atom is 0.265 e. The highest BCUT2D eigenvalue weighted by molar-refractivity contribution is 7.80. The van der Waals surface area contributed by atoms with Gasteiger partial charge in [0.15, 0.2) is 5.11 Å². The van der Waals surface area contributed by atoms with Gasteiger partial charge in [0.1, 0.15) is 5.57 Å². The Balaban J connectivity index is 1.78. The number of thiophene rings is 1. The number of anilines is 1. The summed E-state index contributed by atoms with van der Waals surface area (Å²) in [4.78, 5) is 32.8. The molecule has 3 rings (SSSR count). The van der Waals surface area contributed by atoms with E-state index in [0.717, 1.165) is 28.4 Å². The van der Waals surface area contributed by atoms with E-state index in [0.29, 0.717) is 13.1 Å². The van der Waals surface area contributed by atoms with Crippen molar-refractivity contribution >= 4 is 64.4 Å². The third kappa shape index (κ3) is 5.00. The largest absolute Gasteiger partial charge is 0.372 e. The Kier molecular flexibility index (Phi) is 7.99. The van der Waals surface area contributed by atoms with Crippen molar-refractivity contribution < 1.29 is 9.59 Å². The SMILES string of the molecule is CCN1C(=O)C(=Cc2ccc(/C=C/c3ccc(N(CC)CC)cc3)s2)C(=O)N(CC)C1=S. The van der Waals surface area contributed by atoms with Gasteiger partial charge in [0.2, 0.25) is 0 Å². The Hall–Kier alpha value is -2.77. The topological polar surface area (TPSA) is 43.9 Å². The van der Waals surface area contributed by atoms with Gasteiger partial charge in [-0.15, -0.1) is 11.3 Å². The molecular weight excluding hydrogens is 438 g/mol. The van der Waals surface area contributed by atoms with Crippen molar-refractivity contribution in [1.82, 2.24) is 9.80 Å². The molecule has 1 aliphatic heterocycles. The molecule has 0 unspecified atom stereocenters. The number of carbonyl (C=O) groups is 2. The normalized spacial score (nSPS) is 14.6. The van der Waals surface area contributed by atoms with Crippen LogP contribution in [0.5, 0.6) is 0 Å². The number of thiocarbonyl (C=S) groups is 1. The first-order chi connectivity index (χ1) is 15.4. The fraction of sp³-hybridized carbons (Fsp3) is 0.320. The lowest BCUT2D eigenvalue weighted by atomic mass is 10.1. The molecule has 168 valence electrons. The second-order valence-electron chi connectivity index (χ2n) is 7.28. The minimum atomic E-state index is -0.328. The molecule has 1 aliphatic rings. The average Bonchev–Trinajstić information content (AvgIpc) is 3.25. The van der Waals surface area contributed by atoms with Crippen molar-refractivity contribution in [3.63, 3.8) is 0 Å². The molecule has 1 fully saturated rings. The molecule has 0 bridgehead atoms. The van der Waals surface area contributed by atoms with E-state index in [1.165, 1.54) is 26.8 Å². The summed E-state index contributed by atoms with van der Waals surface area (Å²) in [5, 5.41) is 0.281. The summed E-state index contributed by atoms with van der Waals surface area (Å²) < 4.78 is 0. The van der Waals surface area contributed by atoms with E-state index in [9.17, 15) is 9.59 Å². The van der Waals surface area contributed by atoms with Crippen LogP contribution in [0.3, 0.4) is 0 Å². The van der Waals surface area contributed by atoms with E-state index in [-0.39, 0.29) is 22.5 Å². The van der Waals surface area contributed by atoms with Crippen LogP contribution in [0.1, 0.15) is 43.0 Å². The lowest BCUT2D eigenvalue weighted by molar-refractivity contribution is -0.133. The Morgan fingerprint density at radius 2 is 1.41 bits per heavy atom. The number of carbonyl (C=O) groups excluding carboxylic acids is 2. The molecule has 1 aromatic heterocycles. The van der Waals surface area contributed by atoms with Gasteiger partial charge in [0, 0.05) is 41.6 Å². The summed E-state index contributed by atoms with van der Waals surface area (Å²) in [5.74, 6) is -0.656. The van der Waals surface area contributed by atoms with Crippen LogP contribution in [-0.2, 0) is 9.59 Å². The van der Waals surface area contributed by atoms with Crippen molar-refractivity contribution in [1.29, 1.82) is 0 Å². The number of amides is 2. The molecule has 1 aromatic carbocycles. The Labute approximate surface area is 199 Å². The van der Waals surface area contributed by atoms with Gasteiger partial charge in [0.05, 0.1) is 0 Å². The lowest BCUT2D eigenvalue weighted by Gasteiger charge is -2.35. The van der Waals surface area contributed by atoms with E-state index in [1.807, 2.05) is 26.0 Å². The minimum absolute atomic E-state index is 0.159. The smallest absolute Gasteiger partial charge is 0.265 e. The van der Waals surface area contributed by atoms with Gasteiger partial charge in [-0.05, 0) is 81.9 Å². The van der Waals surface area contributed by atoms with Gasteiger partial charge < -0.3 is 4.90 Å². The number of likely N-dealkylation sites (N-methyl/N-ethyl adjacent to an activating group) is 2. The Bertz CT molecular complexity index is 1020. The van der Waals surface area contributed by atoms with Crippen LogP contribution in [0.4, 0.5) is 5.69 Å². The average molecular weight is 468 g/mol. The molecule has 0 saturated carbocycles. The standard InChI is InChI=1S/C25H29N3O2S2/c1-5-26(6-2)19-12-9-18(10-13-19)11-14-20-15-16-21(32-20)17-22-23(29)27(7-3)25(31)28(8-4)24(22)30/h9-17H,5-8H2,1-4H3/b14-11+. The quantitative estimate of drug-likeness (QED) is 0.306. The predicted octanol–water partition coefficient (Wildman–Crippen LogP) is 5.14. The van der Waals surface area contributed by atoms with E-state index < -0.39 is 0 Å². The van der Waals surface area contributed by atoms with Gasteiger partial charge in [0.25, 0.3) is 11.8 Å². The van der Waals surface area contributed by atoms with Crippen LogP contribution in [0.25, 0.3) is 18.2 Å². The van der Waals surface area contributed by atoms with Crippen LogP contribution in [0.2, 0.25) is 0 Å². The molecule has 1 saturated heterocycles. The molecule has 0 radical (unpaired) electrons. The summed E-state index contributed by atoms with van der Waals surface area (Å²) in [5.41, 5.74) is 2.50. The highest BCUT2D eigenvalue weighted by Gasteiger charge is 2.37. The molecule has 5 nitrogen and oxygen atoms in total. The zero-order valence-electron chi connectivity index (χ0n) is 19.0. The minimum Gasteiger partial charge on any atom is -0.372 e. The molecule has 0 atom stereocenters. The van der Waals surface area contributed by atoms with Crippen molar-refractivity contribution in [2.24, 2.45) is 0 Å². The first-order valence-corrected chi connectivity index (χ1v) is 12.2. The maximum absolute atomic E-state index is 12.8. The van der Waals surface area contributed by atoms with Crippen LogP contribution < -0.4 is 4.90 Å². The first-order valence-electron chi connectivity index (χ1n) is 11.0. The van der Waals surface area contributed by atoms with Crippen LogP contribution in [0, 0.1) is 0 Å². The van der Waals surface area contributed by atoms with E-state index in [1.54, 1.807) is 6.08 Å².